The second-order valence-electron chi connectivity index (χ2n) is 4.67. The van der Waals surface area contributed by atoms with Crippen LogP contribution < -0.4 is 0 Å². The Hall–Kier alpha value is -2.76. The monoisotopic (exact) mass is 261 g/mol. The molecule has 0 bridgehead atoms. The zero-order valence-corrected chi connectivity index (χ0v) is 10.8. The lowest BCUT2D eigenvalue weighted by atomic mass is 9.98. The summed E-state index contributed by atoms with van der Waals surface area (Å²) in [7, 11) is 0. The third-order valence-corrected chi connectivity index (χ3v) is 3.58. The van der Waals surface area contributed by atoms with Gasteiger partial charge in [0.2, 0.25) is 6.08 Å². The summed E-state index contributed by atoms with van der Waals surface area (Å²) in [6.07, 6.45) is 6.30. The van der Waals surface area contributed by atoms with E-state index in [2.05, 4.69) is 20.9 Å². The van der Waals surface area contributed by atoms with Crippen LogP contribution in [0.25, 0.3) is 16.0 Å². The van der Waals surface area contributed by atoms with Gasteiger partial charge in [0, 0.05) is 5.56 Å². The van der Waals surface area contributed by atoms with E-state index < -0.39 is 0 Å². The van der Waals surface area contributed by atoms with Gasteiger partial charge >= 0.3 is 0 Å². The second-order valence-corrected chi connectivity index (χ2v) is 4.67. The standard InChI is InChI=1S/C16H11N3O/c1-17-15-9-12(7-8-18-15)14-6-5-11-3-2-4-13(11)16(14)19-10-20/h5-9H,2-4H2. The summed E-state index contributed by atoms with van der Waals surface area (Å²) < 4.78 is 0. The Morgan fingerprint density at radius 2 is 2.20 bits per heavy atom. The van der Waals surface area contributed by atoms with Crippen LogP contribution in [-0.4, -0.2) is 11.1 Å². The fraction of sp³-hybridized carbons (Fsp3) is 0.188. The van der Waals surface area contributed by atoms with E-state index in [1.165, 1.54) is 5.56 Å². The predicted molar refractivity (Wildman–Crippen MR) is 75.7 cm³/mol. The number of pyridine rings is 1. The van der Waals surface area contributed by atoms with Gasteiger partial charge in [-0.25, -0.2) is 4.79 Å². The number of aliphatic imine (C=N–C) groups is 1. The van der Waals surface area contributed by atoms with E-state index in [0.717, 1.165) is 36.0 Å². The fourth-order valence-corrected chi connectivity index (χ4v) is 2.70. The normalized spacial score (nSPS) is 12.3. The van der Waals surface area contributed by atoms with Gasteiger partial charge in [0.25, 0.3) is 5.82 Å². The molecule has 20 heavy (non-hydrogen) atoms. The number of aromatic nitrogens is 1. The van der Waals surface area contributed by atoms with Gasteiger partial charge in [0.05, 0.1) is 5.69 Å². The lowest BCUT2D eigenvalue weighted by Crippen LogP contribution is -1.88. The zero-order valence-electron chi connectivity index (χ0n) is 10.8. The molecular formula is C16H11N3O. The minimum atomic E-state index is 0.337. The van der Waals surface area contributed by atoms with Gasteiger partial charge in [-0.2, -0.15) is 4.99 Å². The number of aryl methyl sites for hydroxylation is 1. The van der Waals surface area contributed by atoms with Gasteiger partial charge in [0.1, 0.15) is 6.20 Å². The van der Waals surface area contributed by atoms with Crippen molar-refractivity contribution in [3.05, 3.63) is 53.0 Å². The molecule has 4 heteroatoms. The number of rotatable bonds is 2. The van der Waals surface area contributed by atoms with Crippen LogP contribution >= 0.6 is 0 Å². The van der Waals surface area contributed by atoms with E-state index in [9.17, 15) is 4.79 Å². The Labute approximate surface area is 116 Å². The van der Waals surface area contributed by atoms with Crippen LogP contribution in [0.1, 0.15) is 17.5 Å². The minimum absolute atomic E-state index is 0.337. The number of benzene rings is 1. The second kappa shape index (κ2) is 5.08. The lowest BCUT2D eigenvalue weighted by molar-refractivity contribution is 0.565. The van der Waals surface area contributed by atoms with Crippen LogP contribution in [-0.2, 0) is 17.6 Å². The van der Waals surface area contributed by atoms with Crippen molar-refractivity contribution in [2.45, 2.75) is 19.3 Å². The molecule has 0 N–H and O–H groups in total. The number of nitrogens with zero attached hydrogens (tertiary/aromatic N) is 3. The number of hydrogen-bond acceptors (Lipinski definition) is 3. The van der Waals surface area contributed by atoms with Crippen molar-refractivity contribution in [2.75, 3.05) is 0 Å². The number of carbonyl (C=O) groups excluding carboxylic acids is 1. The molecule has 0 atom stereocenters. The summed E-state index contributed by atoms with van der Waals surface area (Å²) in [4.78, 5) is 21.9. The number of isocyanates is 1. The van der Waals surface area contributed by atoms with E-state index in [4.69, 9.17) is 6.57 Å². The molecule has 0 amide bonds. The van der Waals surface area contributed by atoms with Crippen LogP contribution in [0, 0.1) is 6.57 Å². The van der Waals surface area contributed by atoms with Crippen molar-refractivity contribution in [1.29, 1.82) is 0 Å². The molecule has 0 fully saturated rings. The van der Waals surface area contributed by atoms with Gasteiger partial charge in [-0.15, -0.1) is 4.98 Å². The predicted octanol–water partition coefficient (Wildman–Crippen LogP) is 3.76. The van der Waals surface area contributed by atoms with Crippen molar-refractivity contribution in [3.63, 3.8) is 0 Å². The first kappa shape index (κ1) is 12.3. The van der Waals surface area contributed by atoms with Gasteiger partial charge in [-0.3, -0.25) is 0 Å². The molecular weight excluding hydrogens is 250 g/mol. The van der Waals surface area contributed by atoms with Crippen LogP contribution in [0.3, 0.4) is 0 Å². The topological polar surface area (TPSA) is 46.7 Å². The third kappa shape index (κ3) is 2.01. The molecule has 2 aromatic rings. The third-order valence-electron chi connectivity index (χ3n) is 3.58. The Kier molecular flexibility index (Phi) is 3.12. The minimum Gasteiger partial charge on any atom is -0.361 e. The average Bonchev–Trinajstić information content (AvgIpc) is 2.97. The molecule has 1 aliphatic carbocycles. The molecule has 3 rings (SSSR count). The molecule has 1 aromatic heterocycles. The lowest BCUT2D eigenvalue weighted by Gasteiger charge is -2.10. The van der Waals surface area contributed by atoms with Crippen molar-refractivity contribution in [1.82, 2.24) is 4.98 Å². The maximum Gasteiger partial charge on any atom is 0.270 e. The number of hydrogen-bond donors (Lipinski definition) is 0. The first-order chi connectivity index (χ1) is 9.83. The van der Waals surface area contributed by atoms with Crippen molar-refractivity contribution >= 4 is 17.6 Å². The quantitative estimate of drug-likeness (QED) is 0.469. The first-order valence-corrected chi connectivity index (χ1v) is 6.40. The summed E-state index contributed by atoms with van der Waals surface area (Å²) in [5, 5.41) is 0. The SMILES string of the molecule is [C-]#[N+]c1cc(-c2ccc3c(c2N=C=O)CCC3)ccn1. The largest absolute Gasteiger partial charge is 0.361 e. The smallest absolute Gasteiger partial charge is 0.270 e. The summed E-state index contributed by atoms with van der Waals surface area (Å²) in [5.74, 6) is 0.337. The highest BCUT2D eigenvalue weighted by Gasteiger charge is 2.18. The van der Waals surface area contributed by atoms with Crippen molar-refractivity contribution in [3.8, 4) is 11.1 Å². The van der Waals surface area contributed by atoms with E-state index in [1.807, 2.05) is 12.1 Å². The highest BCUT2D eigenvalue weighted by atomic mass is 16.1. The molecule has 0 radical (unpaired) electrons. The molecule has 1 aliphatic rings. The van der Waals surface area contributed by atoms with Gasteiger partial charge < -0.3 is 4.85 Å². The average molecular weight is 261 g/mol. The molecule has 0 saturated carbocycles. The van der Waals surface area contributed by atoms with Crippen molar-refractivity contribution in [2.24, 2.45) is 4.99 Å². The number of fused-ring (bicyclic) bond motifs is 1. The van der Waals surface area contributed by atoms with Crippen LogP contribution in [0.2, 0.25) is 0 Å². The molecule has 0 aliphatic heterocycles. The Morgan fingerprint density at radius 1 is 1.30 bits per heavy atom. The Morgan fingerprint density at radius 3 is 3.00 bits per heavy atom. The Bertz CT molecular complexity index is 768. The van der Waals surface area contributed by atoms with E-state index >= 15 is 0 Å². The van der Waals surface area contributed by atoms with Gasteiger partial charge in [0.15, 0.2) is 0 Å². The van der Waals surface area contributed by atoms with Crippen LogP contribution in [0.4, 0.5) is 11.5 Å². The van der Waals surface area contributed by atoms with Gasteiger partial charge in [-0.05, 0) is 48.1 Å². The van der Waals surface area contributed by atoms with E-state index in [-0.39, 0.29) is 0 Å². The molecule has 4 nitrogen and oxygen atoms in total. The molecule has 1 aromatic carbocycles. The van der Waals surface area contributed by atoms with Gasteiger partial charge in [-0.1, -0.05) is 18.7 Å². The van der Waals surface area contributed by atoms with E-state index in [0.29, 0.717) is 11.5 Å². The first-order valence-electron chi connectivity index (χ1n) is 6.40. The maximum atomic E-state index is 10.7. The van der Waals surface area contributed by atoms with Crippen molar-refractivity contribution < 1.29 is 4.79 Å². The molecule has 0 saturated heterocycles. The van der Waals surface area contributed by atoms with Crippen LogP contribution in [0.5, 0.6) is 0 Å². The molecule has 0 unspecified atom stereocenters. The molecule has 96 valence electrons. The summed E-state index contributed by atoms with van der Waals surface area (Å²) in [5.41, 5.74) is 4.79. The molecule has 1 heterocycles. The molecule has 0 spiro atoms. The highest BCUT2D eigenvalue weighted by molar-refractivity contribution is 5.82. The summed E-state index contributed by atoms with van der Waals surface area (Å²) in [6.45, 7) is 7.04. The summed E-state index contributed by atoms with van der Waals surface area (Å²) >= 11 is 0. The van der Waals surface area contributed by atoms with Crippen LogP contribution in [0.15, 0.2) is 35.5 Å². The Balaban J connectivity index is 2.23. The maximum absolute atomic E-state index is 10.7. The van der Waals surface area contributed by atoms with E-state index in [1.54, 1.807) is 18.3 Å². The zero-order chi connectivity index (χ0) is 13.9. The highest BCUT2D eigenvalue weighted by Crippen LogP contribution is 2.39. The summed E-state index contributed by atoms with van der Waals surface area (Å²) in [6, 6.07) is 7.59. The fourth-order valence-electron chi connectivity index (χ4n) is 2.70.